The molecule has 0 radical (unpaired) electrons. The number of hydrogen-bond donors (Lipinski definition) is 0. The number of amides is 2. The minimum absolute atomic E-state index is 0.0881. The molecule has 0 aromatic heterocycles. The van der Waals surface area contributed by atoms with E-state index in [0.29, 0.717) is 6.54 Å². The van der Waals surface area contributed by atoms with Gasteiger partial charge in [-0.2, -0.15) is 0 Å². The molecular formula is C9H14N2O3. The first kappa shape index (κ1) is 10.8. The Morgan fingerprint density at radius 3 is 2.14 bits per heavy atom. The van der Waals surface area contributed by atoms with Gasteiger partial charge in [-0.15, -0.1) is 0 Å². The quantitative estimate of drug-likeness (QED) is 0.561. The van der Waals surface area contributed by atoms with Gasteiger partial charge in [0.05, 0.1) is 19.6 Å². The van der Waals surface area contributed by atoms with E-state index in [9.17, 15) is 14.4 Å². The molecular weight excluding hydrogens is 184 g/mol. The first-order chi connectivity index (χ1) is 6.54. The van der Waals surface area contributed by atoms with Crippen molar-refractivity contribution in [3.8, 4) is 0 Å². The zero-order valence-corrected chi connectivity index (χ0v) is 8.45. The number of carbonyl (C=O) groups excluding carboxylic acids is 3. The monoisotopic (exact) mass is 198 g/mol. The van der Waals surface area contributed by atoms with Crippen molar-refractivity contribution < 1.29 is 14.4 Å². The number of carbonyl (C=O) groups is 3. The van der Waals surface area contributed by atoms with E-state index in [4.69, 9.17) is 0 Å². The zero-order valence-electron chi connectivity index (χ0n) is 8.45. The number of ketones is 1. The van der Waals surface area contributed by atoms with Crippen molar-refractivity contribution in [1.82, 2.24) is 9.80 Å². The third kappa shape index (κ3) is 2.38. The highest BCUT2D eigenvalue weighted by atomic mass is 16.2. The van der Waals surface area contributed by atoms with Crippen LogP contribution in [0.2, 0.25) is 0 Å². The summed E-state index contributed by atoms with van der Waals surface area (Å²) in [4.78, 5) is 36.4. The van der Waals surface area contributed by atoms with Crippen LogP contribution in [0, 0.1) is 0 Å². The lowest BCUT2D eigenvalue weighted by Crippen LogP contribution is -2.54. The van der Waals surface area contributed by atoms with E-state index in [0.717, 1.165) is 4.90 Å². The molecule has 0 bridgehead atoms. The summed E-state index contributed by atoms with van der Waals surface area (Å²) in [5.41, 5.74) is 0. The molecule has 0 unspecified atom stereocenters. The van der Waals surface area contributed by atoms with Gasteiger partial charge in [-0.05, 0) is 13.5 Å². The summed E-state index contributed by atoms with van der Waals surface area (Å²) in [6, 6.07) is 0. The molecule has 0 saturated carbocycles. The van der Waals surface area contributed by atoms with Crippen molar-refractivity contribution in [1.29, 1.82) is 0 Å². The predicted octanol–water partition coefficient (Wildman–Crippen LogP) is -0.734. The maximum atomic E-state index is 11.4. The van der Waals surface area contributed by atoms with Crippen LogP contribution in [0.4, 0.5) is 0 Å². The molecule has 0 aromatic rings. The van der Waals surface area contributed by atoms with Crippen molar-refractivity contribution in [2.24, 2.45) is 0 Å². The summed E-state index contributed by atoms with van der Waals surface area (Å²) < 4.78 is 0. The number of Topliss-reactive ketones (excluding diaryl/α,β-unsaturated/α-hetero) is 1. The van der Waals surface area contributed by atoms with Gasteiger partial charge in [0.1, 0.15) is 5.78 Å². The number of nitrogens with zero attached hydrogens (tertiary/aromatic N) is 2. The van der Waals surface area contributed by atoms with Gasteiger partial charge in [0.25, 0.3) is 0 Å². The van der Waals surface area contributed by atoms with E-state index in [-0.39, 0.29) is 37.2 Å². The number of hydrogen-bond acceptors (Lipinski definition) is 4. The van der Waals surface area contributed by atoms with Crippen LogP contribution >= 0.6 is 0 Å². The molecule has 14 heavy (non-hydrogen) atoms. The molecule has 0 aromatic carbocycles. The van der Waals surface area contributed by atoms with Gasteiger partial charge in [-0.3, -0.25) is 24.2 Å². The molecule has 5 nitrogen and oxygen atoms in total. The average Bonchev–Trinajstić information content (AvgIpc) is 2.10. The van der Waals surface area contributed by atoms with Gasteiger partial charge in [0.2, 0.25) is 11.8 Å². The molecule has 1 aliphatic rings. The molecule has 0 N–H and O–H groups in total. The molecule has 78 valence electrons. The lowest BCUT2D eigenvalue weighted by atomic mass is 10.2. The first-order valence-corrected chi connectivity index (χ1v) is 4.59. The molecule has 1 rings (SSSR count). The Morgan fingerprint density at radius 2 is 1.79 bits per heavy atom. The highest BCUT2D eigenvalue weighted by molar-refractivity contribution is 6.02. The third-order valence-corrected chi connectivity index (χ3v) is 2.15. The van der Waals surface area contributed by atoms with Gasteiger partial charge in [-0.25, -0.2) is 0 Å². The molecule has 1 heterocycles. The van der Waals surface area contributed by atoms with Gasteiger partial charge >= 0.3 is 0 Å². The second-order valence-electron chi connectivity index (χ2n) is 3.38. The summed E-state index contributed by atoms with van der Waals surface area (Å²) in [5.74, 6) is -0.728. The number of likely N-dealkylation sites (N-methyl/N-ethyl adjacent to an activating group) is 1. The van der Waals surface area contributed by atoms with Crippen molar-refractivity contribution in [3.63, 3.8) is 0 Å². The Kier molecular flexibility index (Phi) is 3.35. The Morgan fingerprint density at radius 1 is 1.29 bits per heavy atom. The smallest absolute Gasteiger partial charge is 0.243 e. The van der Waals surface area contributed by atoms with Crippen LogP contribution in [-0.2, 0) is 14.4 Å². The van der Waals surface area contributed by atoms with Gasteiger partial charge in [0, 0.05) is 0 Å². The van der Waals surface area contributed by atoms with Crippen LogP contribution in [0.3, 0.4) is 0 Å². The SMILES string of the molecule is CCN1CC(=O)N(CC(C)=O)C(=O)C1. The van der Waals surface area contributed by atoms with Crippen LogP contribution < -0.4 is 0 Å². The summed E-state index contributed by atoms with van der Waals surface area (Å²) in [5, 5.41) is 0. The lowest BCUT2D eigenvalue weighted by molar-refractivity contribution is -0.153. The predicted molar refractivity (Wildman–Crippen MR) is 49.5 cm³/mol. The van der Waals surface area contributed by atoms with Crippen LogP contribution in [0.5, 0.6) is 0 Å². The van der Waals surface area contributed by atoms with E-state index in [1.54, 1.807) is 4.90 Å². The fourth-order valence-corrected chi connectivity index (χ4v) is 1.37. The maximum Gasteiger partial charge on any atom is 0.243 e. The molecule has 1 aliphatic heterocycles. The van der Waals surface area contributed by atoms with Crippen LogP contribution in [0.25, 0.3) is 0 Å². The van der Waals surface area contributed by atoms with Gasteiger partial charge in [0.15, 0.2) is 0 Å². The summed E-state index contributed by atoms with van der Waals surface area (Å²) in [7, 11) is 0. The number of rotatable bonds is 3. The molecule has 0 atom stereocenters. The summed E-state index contributed by atoms with van der Waals surface area (Å²) in [6.07, 6.45) is 0. The largest absolute Gasteiger partial charge is 0.298 e. The van der Waals surface area contributed by atoms with E-state index >= 15 is 0 Å². The van der Waals surface area contributed by atoms with E-state index in [1.807, 2.05) is 6.92 Å². The Balaban J connectivity index is 2.65. The van der Waals surface area contributed by atoms with E-state index < -0.39 is 0 Å². The zero-order chi connectivity index (χ0) is 10.7. The fourth-order valence-electron chi connectivity index (χ4n) is 1.37. The minimum Gasteiger partial charge on any atom is -0.298 e. The standard InChI is InChI=1S/C9H14N2O3/c1-3-10-5-8(13)11(4-7(2)12)9(14)6-10/h3-6H2,1-2H3. The number of imide groups is 1. The second kappa shape index (κ2) is 4.32. The Hall–Kier alpha value is -1.23. The molecule has 1 fully saturated rings. The minimum atomic E-state index is -0.279. The summed E-state index contributed by atoms with van der Waals surface area (Å²) >= 11 is 0. The van der Waals surface area contributed by atoms with Crippen molar-refractivity contribution in [2.75, 3.05) is 26.2 Å². The third-order valence-electron chi connectivity index (χ3n) is 2.15. The molecule has 0 spiro atoms. The maximum absolute atomic E-state index is 11.4. The molecule has 5 heteroatoms. The van der Waals surface area contributed by atoms with Gasteiger partial charge in [-0.1, -0.05) is 6.92 Å². The number of piperazine rings is 1. The van der Waals surface area contributed by atoms with E-state index in [2.05, 4.69) is 0 Å². The van der Waals surface area contributed by atoms with Crippen molar-refractivity contribution >= 4 is 17.6 Å². The normalized spacial score (nSPS) is 18.9. The highest BCUT2D eigenvalue weighted by Gasteiger charge is 2.30. The fraction of sp³-hybridized carbons (Fsp3) is 0.667. The Bertz CT molecular complexity index is 257. The van der Waals surface area contributed by atoms with Crippen LogP contribution in [0.15, 0.2) is 0 Å². The second-order valence-corrected chi connectivity index (χ2v) is 3.38. The average molecular weight is 198 g/mol. The summed E-state index contributed by atoms with van der Waals surface area (Å²) in [6.45, 7) is 4.31. The lowest BCUT2D eigenvalue weighted by Gasteiger charge is -2.31. The topological polar surface area (TPSA) is 57.7 Å². The molecule has 1 saturated heterocycles. The van der Waals surface area contributed by atoms with Crippen LogP contribution in [0.1, 0.15) is 13.8 Å². The van der Waals surface area contributed by atoms with Crippen LogP contribution in [-0.4, -0.2) is 53.6 Å². The molecule has 0 aliphatic carbocycles. The Labute approximate surface area is 82.7 Å². The highest BCUT2D eigenvalue weighted by Crippen LogP contribution is 2.04. The first-order valence-electron chi connectivity index (χ1n) is 4.59. The van der Waals surface area contributed by atoms with E-state index in [1.165, 1.54) is 6.92 Å². The van der Waals surface area contributed by atoms with Gasteiger partial charge < -0.3 is 0 Å². The van der Waals surface area contributed by atoms with Crippen molar-refractivity contribution in [3.05, 3.63) is 0 Å². The van der Waals surface area contributed by atoms with Crippen molar-refractivity contribution in [2.45, 2.75) is 13.8 Å². The molecule has 2 amide bonds.